The molecule has 2 rings (SSSR count). The summed E-state index contributed by atoms with van der Waals surface area (Å²) in [4.78, 5) is 0. The van der Waals surface area contributed by atoms with Crippen LogP contribution in [-0.4, -0.2) is 42.1 Å². The molecule has 0 saturated carbocycles. The van der Waals surface area contributed by atoms with Gasteiger partial charge in [0.2, 0.25) is 0 Å². The van der Waals surface area contributed by atoms with Gasteiger partial charge in [-0.1, -0.05) is 0 Å². The van der Waals surface area contributed by atoms with Crippen molar-refractivity contribution in [2.45, 2.75) is 11.0 Å². The van der Waals surface area contributed by atoms with E-state index in [9.17, 15) is 43.2 Å². The highest BCUT2D eigenvalue weighted by atomic mass is 32.2. The molecule has 0 unspecified atom stereocenters. The fraction of sp³-hybridized carbons (Fsp3) is 0.286. The van der Waals surface area contributed by atoms with E-state index >= 15 is 0 Å². The van der Waals surface area contributed by atoms with Crippen molar-refractivity contribution >= 4 is 31.0 Å². The third-order valence-corrected chi connectivity index (χ3v) is 5.35. The number of fused-ring (bicyclic) bond motifs is 1. The molecule has 2 aromatic carbocycles. The number of hydrogen-bond donors (Lipinski definition) is 0. The Morgan fingerprint density at radius 1 is 0.600 bits per heavy atom. The van der Waals surface area contributed by atoms with Gasteiger partial charge in [-0.3, -0.25) is 0 Å². The van der Waals surface area contributed by atoms with Crippen LogP contribution in [0.15, 0.2) is 24.3 Å². The molecule has 0 aromatic heterocycles. The third-order valence-electron chi connectivity index (χ3n) is 3.41. The molecule has 0 heterocycles. The lowest BCUT2D eigenvalue weighted by Crippen LogP contribution is -2.28. The first-order chi connectivity index (χ1) is 13.6. The second-order valence-electron chi connectivity index (χ2n) is 5.25. The molecular weight excluding hydrogens is 474 g/mol. The molecule has 168 valence electrons. The molecule has 0 saturated heterocycles. The molecule has 0 fully saturated rings. The number of methoxy groups -OCH3 is 2. The van der Waals surface area contributed by atoms with Gasteiger partial charge in [-0.25, -0.2) is 0 Å². The molecular formula is C14H10F6O8S2. The van der Waals surface area contributed by atoms with Crippen LogP contribution in [0.4, 0.5) is 26.3 Å². The van der Waals surface area contributed by atoms with Crippen molar-refractivity contribution < 1.29 is 61.0 Å². The monoisotopic (exact) mass is 484 g/mol. The summed E-state index contributed by atoms with van der Waals surface area (Å²) in [5.41, 5.74) is -11.7. The van der Waals surface area contributed by atoms with Crippen LogP contribution < -0.4 is 17.8 Å². The summed E-state index contributed by atoms with van der Waals surface area (Å²) >= 11 is 0. The zero-order valence-corrected chi connectivity index (χ0v) is 16.3. The quantitative estimate of drug-likeness (QED) is 0.350. The Kier molecular flexibility index (Phi) is 5.97. The molecule has 0 amide bonds. The van der Waals surface area contributed by atoms with Crippen molar-refractivity contribution in [1.82, 2.24) is 0 Å². The van der Waals surface area contributed by atoms with Crippen LogP contribution in [0.1, 0.15) is 0 Å². The van der Waals surface area contributed by atoms with E-state index in [-0.39, 0.29) is 11.5 Å². The van der Waals surface area contributed by atoms with Gasteiger partial charge in [0.25, 0.3) is 0 Å². The summed E-state index contributed by atoms with van der Waals surface area (Å²) in [7, 11) is -10.4. The Morgan fingerprint density at radius 2 is 0.867 bits per heavy atom. The Balaban J connectivity index is 2.86. The van der Waals surface area contributed by atoms with Gasteiger partial charge < -0.3 is 17.8 Å². The van der Waals surface area contributed by atoms with Crippen LogP contribution in [0.2, 0.25) is 0 Å². The van der Waals surface area contributed by atoms with Gasteiger partial charge in [-0.05, 0) is 24.3 Å². The molecule has 0 aliphatic heterocycles. The van der Waals surface area contributed by atoms with E-state index in [1.54, 1.807) is 0 Å². The minimum Gasteiger partial charge on any atom is -0.496 e. The average molecular weight is 484 g/mol. The predicted octanol–water partition coefficient (Wildman–Crippen LogP) is 3.31. The number of halogens is 6. The van der Waals surface area contributed by atoms with Crippen molar-refractivity contribution in [3.8, 4) is 23.0 Å². The van der Waals surface area contributed by atoms with Gasteiger partial charge >= 0.3 is 31.3 Å². The summed E-state index contributed by atoms with van der Waals surface area (Å²) in [5, 5.41) is -1.31. The largest absolute Gasteiger partial charge is 0.534 e. The van der Waals surface area contributed by atoms with Crippen LogP contribution >= 0.6 is 0 Å². The highest BCUT2D eigenvalue weighted by Crippen LogP contribution is 2.46. The molecule has 0 N–H and O–H groups in total. The molecule has 2 aromatic rings. The van der Waals surface area contributed by atoms with Gasteiger partial charge in [-0.15, -0.1) is 0 Å². The highest BCUT2D eigenvalue weighted by Gasteiger charge is 2.50. The standard InChI is InChI=1S/C14H10F6O8S2/c1-25-7-3-4-8(26-2)12-10(28-30(23,24)14(18,19)20)6-5-9(11(7)12)27-29(21,22)13(15,16)17/h3-6H,1-2H3. The number of alkyl halides is 6. The minimum atomic E-state index is -6.19. The Bertz CT molecular complexity index is 1080. The van der Waals surface area contributed by atoms with Gasteiger partial charge in [0.05, 0.1) is 25.0 Å². The van der Waals surface area contributed by atoms with E-state index in [0.29, 0.717) is 12.1 Å². The first kappa shape index (κ1) is 23.7. The number of benzene rings is 2. The fourth-order valence-electron chi connectivity index (χ4n) is 2.18. The summed E-state index contributed by atoms with van der Waals surface area (Å²) in [6, 6.07) is 3.07. The molecule has 0 atom stereocenters. The predicted molar refractivity (Wildman–Crippen MR) is 88.3 cm³/mol. The van der Waals surface area contributed by atoms with E-state index in [1.165, 1.54) is 0 Å². The number of rotatable bonds is 6. The van der Waals surface area contributed by atoms with E-state index < -0.39 is 53.5 Å². The van der Waals surface area contributed by atoms with Crippen molar-refractivity contribution in [1.29, 1.82) is 0 Å². The maximum atomic E-state index is 12.7. The summed E-state index contributed by atoms with van der Waals surface area (Å²) in [5.74, 6) is -2.83. The topological polar surface area (TPSA) is 105 Å². The normalized spacial score (nSPS) is 13.2. The molecule has 0 aliphatic rings. The Hall–Kier alpha value is -2.62. The highest BCUT2D eigenvalue weighted by molar-refractivity contribution is 7.88. The first-order valence-electron chi connectivity index (χ1n) is 7.25. The van der Waals surface area contributed by atoms with Crippen molar-refractivity contribution in [3.05, 3.63) is 24.3 Å². The summed E-state index contributed by atoms with van der Waals surface area (Å²) in [6.45, 7) is 0. The van der Waals surface area contributed by atoms with Gasteiger partial charge in [-0.2, -0.15) is 43.2 Å². The molecule has 16 heteroatoms. The lowest BCUT2D eigenvalue weighted by molar-refractivity contribution is -0.0505. The van der Waals surface area contributed by atoms with E-state index in [2.05, 4.69) is 8.37 Å². The van der Waals surface area contributed by atoms with Crippen molar-refractivity contribution in [3.63, 3.8) is 0 Å². The zero-order chi connectivity index (χ0) is 23.1. The van der Waals surface area contributed by atoms with Gasteiger partial charge in [0, 0.05) is 0 Å². The number of ether oxygens (including phenoxy) is 2. The van der Waals surface area contributed by atoms with E-state index in [0.717, 1.165) is 26.4 Å². The number of hydrogen-bond acceptors (Lipinski definition) is 8. The lowest BCUT2D eigenvalue weighted by Gasteiger charge is -2.18. The summed E-state index contributed by atoms with van der Waals surface area (Å²) < 4.78 is 139. The van der Waals surface area contributed by atoms with E-state index in [1.807, 2.05) is 0 Å². The zero-order valence-electron chi connectivity index (χ0n) is 14.7. The Morgan fingerprint density at radius 3 is 1.10 bits per heavy atom. The van der Waals surface area contributed by atoms with Gasteiger partial charge in [0.1, 0.15) is 11.5 Å². The summed E-state index contributed by atoms with van der Waals surface area (Å²) in [6.07, 6.45) is 0. The molecule has 0 radical (unpaired) electrons. The van der Waals surface area contributed by atoms with Gasteiger partial charge in [0.15, 0.2) is 11.5 Å². The Labute approximate surface area is 165 Å². The van der Waals surface area contributed by atoms with E-state index in [4.69, 9.17) is 9.47 Å². The molecule has 30 heavy (non-hydrogen) atoms. The maximum Gasteiger partial charge on any atom is 0.534 e. The second kappa shape index (κ2) is 7.57. The van der Waals surface area contributed by atoms with Crippen molar-refractivity contribution in [2.75, 3.05) is 14.2 Å². The average Bonchev–Trinajstić information content (AvgIpc) is 2.60. The van der Waals surface area contributed by atoms with Crippen molar-refractivity contribution in [2.24, 2.45) is 0 Å². The first-order valence-corrected chi connectivity index (χ1v) is 10.1. The molecule has 0 bridgehead atoms. The second-order valence-corrected chi connectivity index (χ2v) is 8.32. The molecule has 0 aliphatic carbocycles. The van der Waals surface area contributed by atoms with Crippen LogP contribution in [0.5, 0.6) is 23.0 Å². The van der Waals surface area contributed by atoms with Crippen LogP contribution in [0.3, 0.4) is 0 Å². The smallest absolute Gasteiger partial charge is 0.496 e. The SMILES string of the molecule is COc1ccc(OC)c2c(OS(=O)(=O)C(F)(F)F)ccc(OS(=O)(=O)C(F)(F)F)c12. The van der Waals surface area contributed by atoms with Crippen LogP contribution in [-0.2, 0) is 20.2 Å². The van der Waals surface area contributed by atoms with Crippen LogP contribution in [0, 0.1) is 0 Å². The fourth-order valence-corrected chi connectivity index (χ4v) is 3.12. The molecule has 0 spiro atoms. The van der Waals surface area contributed by atoms with Crippen LogP contribution in [0.25, 0.3) is 10.8 Å². The lowest BCUT2D eigenvalue weighted by atomic mass is 10.1. The maximum absolute atomic E-state index is 12.7. The third kappa shape index (κ3) is 4.28. The molecule has 8 nitrogen and oxygen atoms in total. The minimum absolute atomic E-state index is 0.381.